The summed E-state index contributed by atoms with van der Waals surface area (Å²) in [6.07, 6.45) is 0.517. The van der Waals surface area contributed by atoms with E-state index in [-0.39, 0.29) is 19.0 Å². The van der Waals surface area contributed by atoms with Gasteiger partial charge in [-0.1, -0.05) is 41.6 Å². The molecule has 4 rings (SSSR count). The van der Waals surface area contributed by atoms with Crippen molar-refractivity contribution in [1.82, 2.24) is 36.0 Å². The van der Waals surface area contributed by atoms with E-state index in [4.69, 9.17) is 4.52 Å². The highest BCUT2D eigenvalue weighted by Crippen LogP contribution is 2.20. The van der Waals surface area contributed by atoms with Crippen molar-refractivity contribution in [2.24, 2.45) is 0 Å². The molecular weight excluding hydrogens is 406 g/mol. The van der Waals surface area contributed by atoms with Crippen LogP contribution in [0.15, 0.2) is 52.4 Å². The van der Waals surface area contributed by atoms with Crippen molar-refractivity contribution in [1.29, 1.82) is 0 Å². The second kappa shape index (κ2) is 9.09. The number of nitrogens with one attached hydrogen (secondary N) is 3. The zero-order valence-electron chi connectivity index (χ0n) is 15.7. The third-order valence-electron chi connectivity index (χ3n) is 4.01. The number of carbonyl (C=O) groups is 2. The molecule has 0 unspecified atom stereocenters. The Kier molecular flexibility index (Phi) is 5.90. The quantitative estimate of drug-likeness (QED) is 0.382. The van der Waals surface area contributed by atoms with Crippen LogP contribution in [0, 0.1) is 0 Å². The van der Waals surface area contributed by atoms with Crippen molar-refractivity contribution >= 4 is 23.2 Å². The van der Waals surface area contributed by atoms with Gasteiger partial charge in [-0.3, -0.25) is 14.7 Å². The highest BCUT2D eigenvalue weighted by molar-refractivity contribution is 7.13. The number of benzene rings is 1. The summed E-state index contributed by atoms with van der Waals surface area (Å²) in [6.45, 7) is 0.00524. The Balaban J connectivity index is 1.23. The van der Waals surface area contributed by atoms with Gasteiger partial charge in [0.15, 0.2) is 11.6 Å². The molecule has 0 atom stereocenters. The first kappa shape index (κ1) is 19.5. The second-order valence-electron chi connectivity index (χ2n) is 6.22. The topological polar surface area (TPSA) is 139 Å². The van der Waals surface area contributed by atoms with Gasteiger partial charge in [0.05, 0.1) is 18.0 Å². The summed E-state index contributed by atoms with van der Waals surface area (Å²) in [5.41, 5.74) is 1.04. The van der Waals surface area contributed by atoms with Crippen LogP contribution < -0.4 is 10.6 Å². The van der Waals surface area contributed by atoms with Gasteiger partial charge in [0.1, 0.15) is 5.82 Å². The first-order valence-electron chi connectivity index (χ1n) is 9.04. The van der Waals surface area contributed by atoms with Crippen molar-refractivity contribution in [3.63, 3.8) is 0 Å². The number of aromatic nitrogens is 5. The predicted molar refractivity (Wildman–Crippen MR) is 107 cm³/mol. The maximum atomic E-state index is 12.0. The zero-order valence-corrected chi connectivity index (χ0v) is 16.5. The highest BCUT2D eigenvalue weighted by Gasteiger charge is 2.16. The Morgan fingerprint density at radius 2 is 1.80 bits per heavy atom. The second-order valence-corrected chi connectivity index (χ2v) is 7.16. The van der Waals surface area contributed by atoms with Crippen LogP contribution in [0.5, 0.6) is 0 Å². The molecule has 0 fully saturated rings. The molecule has 152 valence electrons. The van der Waals surface area contributed by atoms with Crippen LogP contribution in [-0.2, 0) is 29.1 Å². The summed E-state index contributed by atoms with van der Waals surface area (Å²) in [7, 11) is 0. The fourth-order valence-corrected chi connectivity index (χ4v) is 3.24. The molecule has 3 heterocycles. The van der Waals surface area contributed by atoms with Gasteiger partial charge in [0.25, 0.3) is 0 Å². The number of H-pyrrole nitrogens is 1. The summed E-state index contributed by atoms with van der Waals surface area (Å²) >= 11 is 1.51. The van der Waals surface area contributed by atoms with Crippen molar-refractivity contribution in [3.8, 4) is 10.7 Å². The summed E-state index contributed by atoms with van der Waals surface area (Å²) in [6, 6.07) is 13.5. The lowest BCUT2D eigenvalue weighted by atomic mass is 10.1. The molecule has 1 aromatic carbocycles. The van der Waals surface area contributed by atoms with Crippen molar-refractivity contribution in [2.75, 3.05) is 0 Å². The van der Waals surface area contributed by atoms with Gasteiger partial charge in [-0.2, -0.15) is 10.1 Å². The van der Waals surface area contributed by atoms with Gasteiger partial charge in [0, 0.05) is 6.42 Å². The van der Waals surface area contributed by atoms with Crippen molar-refractivity contribution < 1.29 is 14.1 Å². The number of thiophene rings is 1. The monoisotopic (exact) mass is 423 g/mol. The van der Waals surface area contributed by atoms with E-state index in [2.05, 4.69) is 36.0 Å². The lowest BCUT2D eigenvalue weighted by molar-refractivity contribution is -0.139. The van der Waals surface area contributed by atoms with Crippen LogP contribution >= 0.6 is 11.3 Å². The SMILES string of the molecule is O=C(NCc1nc(-c2cccs2)n[nH]1)C(=O)NCc1nc(Cc2ccccc2)no1. The van der Waals surface area contributed by atoms with E-state index in [1.807, 2.05) is 47.8 Å². The molecule has 3 N–H and O–H groups in total. The van der Waals surface area contributed by atoms with Gasteiger partial charge < -0.3 is 15.2 Å². The smallest absolute Gasteiger partial charge is 0.309 e. The Bertz CT molecular complexity index is 1120. The highest BCUT2D eigenvalue weighted by atomic mass is 32.1. The summed E-state index contributed by atoms with van der Waals surface area (Å²) < 4.78 is 5.10. The minimum absolute atomic E-state index is 0.0428. The number of rotatable bonds is 7. The lowest BCUT2D eigenvalue weighted by Gasteiger charge is -2.03. The van der Waals surface area contributed by atoms with Gasteiger partial charge in [-0.25, -0.2) is 4.98 Å². The molecule has 0 bridgehead atoms. The largest absolute Gasteiger partial charge is 0.341 e. The maximum Gasteiger partial charge on any atom is 0.309 e. The van der Waals surface area contributed by atoms with Crippen molar-refractivity contribution in [3.05, 3.63) is 70.9 Å². The molecule has 10 nitrogen and oxygen atoms in total. The average molecular weight is 423 g/mol. The van der Waals surface area contributed by atoms with E-state index in [1.165, 1.54) is 11.3 Å². The Morgan fingerprint density at radius 1 is 1.00 bits per heavy atom. The molecular formula is C19H17N7O3S. The van der Waals surface area contributed by atoms with Crippen molar-refractivity contribution in [2.45, 2.75) is 19.5 Å². The number of nitrogens with zero attached hydrogens (tertiary/aromatic N) is 4. The van der Waals surface area contributed by atoms with Gasteiger partial charge >= 0.3 is 11.8 Å². The molecule has 2 amide bonds. The van der Waals surface area contributed by atoms with E-state index in [0.29, 0.717) is 23.9 Å². The van der Waals surface area contributed by atoms with Crippen LogP contribution in [0.25, 0.3) is 10.7 Å². The molecule has 3 aromatic heterocycles. The Morgan fingerprint density at radius 3 is 2.57 bits per heavy atom. The number of hydrogen-bond donors (Lipinski definition) is 3. The van der Waals surface area contributed by atoms with E-state index in [9.17, 15) is 9.59 Å². The summed E-state index contributed by atoms with van der Waals surface area (Å²) in [4.78, 5) is 33.3. The third-order valence-corrected chi connectivity index (χ3v) is 4.88. The summed E-state index contributed by atoms with van der Waals surface area (Å²) in [5, 5.41) is 17.6. The molecule has 0 saturated carbocycles. The minimum atomic E-state index is -0.809. The molecule has 0 radical (unpaired) electrons. The maximum absolute atomic E-state index is 12.0. The Hall–Kier alpha value is -3.86. The first-order valence-corrected chi connectivity index (χ1v) is 9.92. The van der Waals surface area contributed by atoms with Crippen LogP contribution in [0.1, 0.15) is 23.1 Å². The molecule has 0 aliphatic rings. The van der Waals surface area contributed by atoms with Crippen LogP contribution in [-0.4, -0.2) is 37.1 Å². The van der Waals surface area contributed by atoms with Gasteiger partial charge in [0.2, 0.25) is 5.89 Å². The summed E-state index contributed by atoms with van der Waals surface area (Å²) in [5.74, 6) is 0.104. The van der Waals surface area contributed by atoms with E-state index in [1.54, 1.807) is 0 Å². The number of aromatic amines is 1. The van der Waals surface area contributed by atoms with E-state index < -0.39 is 11.8 Å². The minimum Gasteiger partial charge on any atom is -0.341 e. The molecule has 0 aliphatic heterocycles. The average Bonchev–Trinajstić information content (AvgIpc) is 3.52. The van der Waals surface area contributed by atoms with E-state index >= 15 is 0 Å². The van der Waals surface area contributed by atoms with Crippen LogP contribution in [0.4, 0.5) is 0 Å². The zero-order chi connectivity index (χ0) is 20.8. The molecule has 0 saturated heterocycles. The third kappa shape index (κ3) is 4.94. The van der Waals surface area contributed by atoms with E-state index in [0.717, 1.165) is 10.4 Å². The fourth-order valence-electron chi connectivity index (χ4n) is 2.58. The van der Waals surface area contributed by atoms with Gasteiger partial charge in [-0.15, -0.1) is 11.3 Å². The predicted octanol–water partition coefficient (Wildman–Crippen LogP) is 1.44. The first-order chi connectivity index (χ1) is 14.7. The van der Waals surface area contributed by atoms with Crippen LogP contribution in [0.2, 0.25) is 0 Å². The molecule has 0 spiro atoms. The number of hydrogen-bond acceptors (Lipinski definition) is 8. The standard InChI is InChI=1S/C19H17N7O3S/c27-18(20-10-15-23-17(25-24-15)13-7-4-8-30-13)19(28)21-11-16-22-14(26-29-16)9-12-5-2-1-3-6-12/h1-8H,9-11H2,(H,20,27)(H,21,28)(H,23,24,25). The lowest BCUT2D eigenvalue weighted by Crippen LogP contribution is -2.39. The molecule has 11 heteroatoms. The molecule has 30 heavy (non-hydrogen) atoms. The van der Waals surface area contributed by atoms with Gasteiger partial charge in [-0.05, 0) is 17.0 Å². The molecule has 4 aromatic rings. The normalized spacial score (nSPS) is 10.7. The fraction of sp³-hybridized carbons (Fsp3) is 0.158. The number of amides is 2. The number of carbonyl (C=O) groups excluding carboxylic acids is 2. The van der Waals surface area contributed by atoms with Crippen LogP contribution in [0.3, 0.4) is 0 Å². The molecule has 0 aliphatic carbocycles. The Labute approximate surface area is 174 Å².